The minimum atomic E-state index is -0.988. The van der Waals surface area contributed by atoms with E-state index in [2.05, 4.69) is 15.6 Å². The van der Waals surface area contributed by atoms with Crippen molar-refractivity contribution >= 4 is 28.7 Å². The van der Waals surface area contributed by atoms with Crippen molar-refractivity contribution in [1.82, 2.24) is 15.6 Å². The molecule has 1 heterocycles. The maximum Gasteiger partial charge on any atom is 0.305 e. The summed E-state index contributed by atoms with van der Waals surface area (Å²) in [6, 6.07) is 5.86. The summed E-state index contributed by atoms with van der Waals surface area (Å²) in [6.07, 6.45) is -0.153. The number of carbonyl (C=O) groups excluding carboxylic acids is 2. The van der Waals surface area contributed by atoms with E-state index in [4.69, 9.17) is 5.11 Å². The first-order valence-electron chi connectivity index (χ1n) is 7.24. The minimum Gasteiger partial charge on any atom is -0.481 e. The van der Waals surface area contributed by atoms with E-state index in [-0.39, 0.29) is 25.4 Å². The molecule has 7 heteroatoms. The number of carboxylic acids is 1. The van der Waals surface area contributed by atoms with Gasteiger partial charge >= 0.3 is 5.97 Å². The maximum atomic E-state index is 12.2. The molecule has 7 nitrogen and oxygen atoms in total. The van der Waals surface area contributed by atoms with Crippen LogP contribution in [0.5, 0.6) is 0 Å². The molecule has 0 saturated heterocycles. The number of aliphatic carboxylic acids is 1. The lowest BCUT2D eigenvalue weighted by atomic mass is 10.1. The number of carbonyl (C=O) groups is 3. The molecule has 2 aromatic rings. The fourth-order valence-electron chi connectivity index (χ4n) is 2.29. The summed E-state index contributed by atoms with van der Waals surface area (Å²) >= 11 is 0. The summed E-state index contributed by atoms with van der Waals surface area (Å²) < 4.78 is 0. The summed E-state index contributed by atoms with van der Waals surface area (Å²) in [5, 5.41) is 14.4. The fourth-order valence-corrected chi connectivity index (χ4v) is 2.29. The molecule has 1 aromatic carbocycles. The highest BCUT2D eigenvalue weighted by Gasteiger charge is 2.15. The van der Waals surface area contributed by atoms with Crippen LogP contribution in [0.2, 0.25) is 0 Å². The Morgan fingerprint density at radius 3 is 2.61 bits per heavy atom. The minimum absolute atomic E-state index is 0.0364. The molecular formula is C16H19N3O4. The van der Waals surface area contributed by atoms with Gasteiger partial charge in [0.15, 0.2) is 0 Å². The van der Waals surface area contributed by atoms with Gasteiger partial charge < -0.3 is 20.7 Å². The van der Waals surface area contributed by atoms with Gasteiger partial charge in [0.05, 0.1) is 13.0 Å². The van der Waals surface area contributed by atoms with Crippen molar-refractivity contribution in [3.63, 3.8) is 0 Å². The Bertz CT molecular complexity index is 764. The molecule has 0 atom stereocenters. The van der Waals surface area contributed by atoms with Crippen molar-refractivity contribution in [3.8, 4) is 0 Å². The smallest absolute Gasteiger partial charge is 0.305 e. The van der Waals surface area contributed by atoms with E-state index in [1.807, 2.05) is 32.0 Å². The van der Waals surface area contributed by atoms with E-state index in [1.165, 1.54) is 0 Å². The van der Waals surface area contributed by atoms with Gasteiger partial charge in [-0.1, -0.05) is 11.6 Å². The molecule has 2 rings (SSSR count). The van der Waals surface area contributed by atoms with Crippen molar-refractivity contribution in [2.45, 2.75) is 20.3 Å². The predicted octanol–water partition coefficient (Wildman–Crippen LogP) is 1.11. The molecule has 0 aliphatic rings. The zero-order valence-corrected chi connectivity index (χ0v) is 13.0. The number of carboxylic acid groups (broad SMARTS) is 1. The normalized spacial score (nSPS) is 10.5. The van der Waals surface area contributed by atoms with Crippen molar-refractivity contribution in [2.24, 2.45) is 0 Å². The second-order valence-corrected chi connectivity index (χ2v) is 5.35. The van der Waals surface area contributed by atoms with Crippen LogP contribution >= 0.6 is 0 Å². The molecule has 2 amide bonds. The molecule has 0 aliphatic heterocycles. The Hall–Kier alpha value is -2.83. The van der Waals surface area contributed by atoms with Crippen LogP contribution in [0, 0.1) is 13.8 Å². The number of hydrogen-bond donors (Lipinski definition) is 4. The van der Waals surface area contributed by atoms with E-state index in [0.29, 0.717) is 5.69 Å². The molecule has 0 saturated carbocycles. The number of nitrogens with one attached hydrogen (secondary N) is 3. The third-order valence-electron chi connectivity index (χ3n) is 3.51. The van der Waals surface area contributed by atoms with Gasteiger partial charge in [-0.25, -0.2) is 0 Å². The maximum absolute atomic E-state index is 12.2. The number of aryl methyl sites for hydroxylation is 2. The summed E-state index contributed by atoms with van der Waals surface area (Å²) in [6.45, 7) is 3.66. The molecule has 122 valence electrons. The Labute approximate surface area is 133 Å². The predicted molar refractivity (Wildman–Crippen MR) is 85.4 cm³/mol. The number of aromatic nitrogens is 1. The number of hydrogen-bond acceptors (Lipinski definition) is 3. The number of rotatable bonds is 6. The Morgan fingerprint density at radius 2 is 1.91 bits per heavy atom. The number of benzene rings is 1. The Morgan fingerprint density at radius 1 is 1.17 bits per heavy atom. The van der Waals surface area contributed by atoms with Crippen molar-refractivity contribution in [1.29, 1.82) is 0 Å². The fraction of sp³-hybridized carbons (Fsp3) is 0.312. The van der Waals surface area contributed by atoms with Crippen LogP contribution in [-0.2, 0) is 9.59 Å². The monoisotopic (exact) mass is 317 g/mol. The summed E-state index contributed by atoms with van der Waals surface area (Å²) in [4.78, 5) is 37.1. The van der Waals surface area contributed by atoms with Crippen molar-refractivity contribution in [2.75, 3.05) is 13.1 Å². The number of amides is 2. The zero-order valence-electron chi connectivity index (χ0n) is 13.0. The van der Waals surface area contributed by atoms with Gasteiger partial charge in [-0.3, -0.25) is 14.4 Å². The molecule has 0 radical (unpaired) electrons. The highest BCUT2D eigenvalue weighted by molar-refractivity contribution is 6.02. The van der Waals surface area contributed by atoms with Gasteiger partial charge in [-0.2, -0.15) is 0 Å². The largest absolute Gasteiger partial charge is 0.481 e. The lowest BCUT2D eigenvalue weighted by Gasteiger charge is -2.05. The van der Waals surface area contributed by atoms with Gasteiger partial charge in [0.1, 0.15) is 5.69 Å². The van der Waals surface area contributed by atoms with Crippen LogP contribution in [0.3, 0.4) is 0 Å². The third kappa shape index (κ3) is 4.09. The lowest BCUT2D eigenvalue weighted by Crippen LogP contribution is -2.38. The first-order chi connectivity index (χ1) is 10.9. The zero-order chi connectivity index (χ0) is 17.0. The number of fused-ring (bicyclic) bond motifs is 1. The van der Waals surface area contributed by atoms with Crippen LogP contribution in [0.1, 0.15) is 28.0 Å². The van der Waals surface area contributed by atoms with E-state index >= 15 is 0 Å². The Balaban J connectivity index is 1.97. The highest BCUT2D eigenvalue weighted by atomic mass is 16.4. The molecule has 0 unspecified atom stereocenters. The van der Waals surface area contributed by atoms with E-state index in [0.717, 1.165) is 22.0 Å². The molecule has 1 aromatic heterocycles. The molecule has 23 heavy (non-hydrogen) atoms. The number of H-pyrrole nitrogens is 1. The van der Waals surface area contributed by atoms with Gasteiger partial charge in [-0.15, -0.1) is 0 Å². The van der Waals surface area contributed by atoms with Gasteiger partial charge in [0, 0.05) is 17.4 Å². The van der Waals surface area contributed by atoms with Crippen LogP contribution in [-0.4, -0.2) is 41.0 Å². The topological polar surface area (TPSA) is 111 Å². The molecule has 0 aliphatic carbocycles. The summed E-state index contributed by atoms with van der Waals surface area (Å²) in [5.74, 6) is -1.78. The van der Waals surface area contributed by atoms with Crippen LogP contribution in [0.15, 0.2) is 18.2 Å². The molecular weight excluding hydrogens is 298 g/mol. The first kappa shape index (κ1) is 16.5. The molecule has 4 N–H and O–H groups in total. The molecule has 0 spiro atoms. The van der Waals surface area contributed by atoms with Crippen LogP contribution in [0.4, 0.5) is 0 Å². The summed E-state index contributed by atoms with van der Waals surface area (Å²) in [5.41, 5.74) is 3.21. The first-order valence-corrected chi connectivity index (χ1v) is 7.24. The summed E-state index contributed by atoms with van der Waals surface area (Å²) in [7, 11) is 0. The average molecular weight is 317 g/mol. The van der Waals surface area contributed by atoms with Gasteiger partial charge in [0.25, 0.3) is 5.91 Å². The third-order valence-corrected chi connectivity index (χ3v) is 3.51. The van der Waals surface area contributed by atoms with E-state index in [1.54, 1.807) is 0 Å². The van der Waals surface area contributed by atoms with Gasteiger partial charge in [-0.05, 0) is 31.5 Å². The van der Waals surface area contributed by atoms with Crippen LogP contribution < -0.4 is 10.6 Å². The second kappa shape index (κ2) is 6.95. The van der Waals surface area contributed by atoms with Crippen molar-refractivity contribution in [3.05, 3.63) is 35.0 Å². The molecule has 0 bridgehead atoms. The average Bonchev–Trinajstić information content (AvgIpc) is 2.81. The van der Waals surface area contributed by atoms with Crippen LogP contribution in [0.25, 0.3) is 10.9 Å². The number of aromatic amines is 1. The van der Waals surface area contributed by atoms with Crippen molar-refractivity contribution < 1.29 is 19.5 Å². The lowest BCUT2D eigenvalue weighted by molar-refractivity contribution is -0.136. The Kier molecular flexibility index (Phi) is 5.00. The van der Waals surface area contributed by atoms with Gasteiger partial charge in [0.2, 0.25) is 5.91 Å². The highest BCUT2D eigenvalue weighted by Crippen LogP contribution is 2.22. The standard InChI is InChI=1S/C16H19N3O4/c1-9-3-4-12-11(7-9)10(2)15(19-12)16(23)18-8-13(20)17-6-5-14(21)22/h3-4,7,19H,5-6,8H2,1-2H3,(H,17,20)(H,18,23)(H,21,22). The second-order valence-electron chi connectivity index (χ2n) is 5.35. The van der Waals surface area contributed by atoms with E-state index in [9.17, 15) is 14.4 Å². The molecule has 0 fully saturated rings. The SMILES string of the molecule is Cc1ccc2[nH]c(C(=O)NCC(=O)NCCC(=O)O)c(C)c2c1. The quantitative estimate of drug-likeness (QED) is 0.639. The van der Waals surface area contributed by atoms with E-state index < -0.39 is 11.9 Å².